The second kappa shape index (κ2) is 5.38. The molecule has 1 aliphatic heterocycles. The summed E-state index contributed by atoms with van der Waals surface area (Å²) in [6.45, 7) is 0.337. The lowest BCUT2D eigenvalue weighted by molar-refractivity contribution is 0.400. The molecule has 1 aromatic heterocycles. The first kappa shape index (κ1) is 11.6. The SMILES string of the molecule is Cl.NCc1noc(C2=CCCSC2)n1. The topological polar surface area (TPSA) is 64.9 Å². The van der Waals surface area contributed by atoms with E-state index in [1.54, 1.807) is 0 Å². The Labute approximate surface area is 92.7 Å². The molecule has 78 valence electrons. The van der Waals surface area contributed by atoms with Gasteiger partial charge in [0.2, 0.25) is 0 Å². The van der Waals surface area contributed by atoms with Gasteiger partial charge < -0.3 is 10.3 Å². The molecule has 0 fully saturated rings. The summed E-state index contributed by atoms with van der Waals surface area (Å²) >= 11 is 1.89. The second-order valence-electron chi connectivity index (χ2n) is 2.79. The molecule has 0 unspecified atom stereocenters. The van der Waals surface area contributed by atoms with Crippen LogP contribution in [0.1, 0.15) is 18.1 Å². The average molecular weight is 234 g/mol. The van der Waals surface area contributed by atoms with Crippen molar-refractivity contribution in [3.8, 4) is 0 Å². The van der Waals surface area contributed by atoms with Gasteiger partial charge in [0, 0.05) is 11.3 Å². The normalized spacial score (nSPS) is 15.9. The number of hydrogen-bond donors (Lipinski definition) is 1. The molecule has 0 aliphatic carbocycles. The first-order valence-electron chi connectivity index (χ1n) is 4.20. The number of aromatic nitrogens is 2. The van der Waals surface area contributed by atoms with Crippen LogP contribution in [0.5, 0.6) is 0 Å². The average Bonchev–Trinajstić information content (AvgIpc) is 2.67. The zero-order chi connectivity index (χ0) is 9.10. The van der Waals surface area contributed by atoms with Gasteiger partial charge >= 0.3 is 0 Å². The van der Waals surface area contributed by atoms with Gasteiger partial charge in [-0.2, -0.15) is 16.7 Å². The van der Waals surface area contributed by atoms with Crippen LogP contribution in [0.15, 0.2) is 10.6 Å². The number of halogens is 1. The zero-order valence-corrected chi connectivity index (χ0v) is 9.24. The summed E-state index contributed by atoms with van der Waals surface area (Å²) in [6.07, 6.45) is 3.24. The van der Waals surface area contributed by atoms with E-state index >= 15 is 0 Å². The number of allylic oxidation sites excluding steroid dienone is 1. The largest absolute Gasteiger partial charge is 0.334 e. The van der Waals surface area contributed by atoms with Gasteiger partial charge in [-0.05, 0) is 12.2 Å². The summed E-state index contributed by atoms with van der Waals surface area (Å²) in [6, 6.07) is 0. The third-order valence-corrected chi connectivity index (χ3v) is 2.88. The number of nitrogens with two attached hydrogens (primary N) is 1. The van der Waals surface area contributed by atoms with Crippen LogP contribution in [0.3, 0.4) is 0 Å². The molecule has 6 heteroatoms. The van der Waals surface area contributed by atoms with Gasteiger partial charge in [-0.15, -0.1) is 12.4 Å². The maximum absolute atomic E-state index is 5.38. The van der Waals surface area contributed by atoms with Gasteiger partial charge in [-0.1, -0.05) is 11.2 Å². The summed E-state index contributed by atoms with van der Waals surface area (Å²) in [4.78, 5) is 4.17. The third kappa shape index (κ3) is 2.50. The Morgan fingerprint density at radius 1 is 1.57 bits per heavy atom. The fourth-order valence-corrected chi connectivity index (χ4v) is 2.06. The van der Waals surface area contributed by atoms with Crippen molar-refractivity contribution < 1.29 is 4.52 Å². The number of hydrogen-bond acceptors (Lipinski definition) is 5. The summed E-state index contributed by atoms with van der Waals surface area (Å²) in [5.41, 5.74) is 6.53. The van der Waals surface area contributed by atoms with Crippen molar-refractivity contribution in [1.82, 2.24) is 10.1 Å². The van der Waals surface area contributed by atoms with Crippen molar-refractivity contribution >= 4 is 29.7 Å². The molecule has 1 aromatic rings. The van der Waals surface area contributed by atoms with Gasteiger partial charge in [0.1, 0.15) is 0 Å². The molecule has 0 saturated carbocycles. The molecular weight excluding hydrogens is 222 g/mol. The van der Waals surface area contributed by atoms with E-state index in [-0.39, 0.29) is 12.4 Å². The Balaban J connectivity index is 0.000000980. The molecule has 2 heterocycles. The Morgan fingerprint density at radius 3 is 3.00 bits per heavy atom. The monoisotopic (exact) mass is 233 g/mol. The minimum atomic E-state index is 0. The lowest BCUT2D eigenvalue weighted by Crippen LogP contribution is -1.99. The van der Waals surface area contributed by atoms with Crippen molar-refractivity contribution in [2.45, 2.75) is 13.0 Å². The molecule has 0 aromatic carbocycles. The maximum Gasteiger partial charge on any atom is 0.254 e. The van der Waals surface area contributed by atoms with Crippen molar-refractivity contribution in [1.29, 1.82) is 0 Å². The first-order valence-corrected chi connectivity index (χ1v) is 5.35. The van der Waals surface area contributed by atoms with Crippen LogP contribution in [0, 0.1) is 0 Å². The summed E-state index contributed by atoms with van der Waals surface area (Å²) in [5.74, 6) is 3.35. The van der Waals surface area contributed by atoms with Gasteiger partial charge in [0.05, 0.1) is 6.54 Å². The predicted octanol–water partition coefficient (Wildman–Crippen LogP) is 1.47. The van der Waals surface area contributed by atoms with Crippen LogP contribution >= 0.6 is 24.2 Å². The van der Waals surface area contributed by atoms with Crippen molar-refractivity contribution in [2.24, 2.45) is 5.73 Å². The quantitative estimate of drug-likeness (QED) is 0.838. The molecule has 0 spiro atoms. The molecule has 0 radical (unpaired) electrons. The molecule has 0 amide bonds. The van der Waals surface area contributed by atoms with E-state index in [0.29, 0.717) is 18.3 Å². The van der Waals surface area contributed by atoms with Crippen LogP contribution < -0.4 is 5.73 Å². The predicted molar refractivity (Wildman–Crippen MR) is 59.4 cm³/mol. The van der Waals surface area contributed by atoms with Gasteiger partial charge in [0.15, 0.2) is 5.82 Å². The van der Waals surface area contributed by atoms with E-state index in [1.165, 1.54) is 5.75 Å². The molecule has 0 atom stereocenters. The minimum absolute atomic E-state index is 0. The molecule has 4 nitrogen and oxygen atoms in total. The fraction of sp³-hybridized carbons (Fsp3) is 0.500. The summed E-state index contributed by atoms with van der Waals surface area (Å²) in [5, 5.41) is 3.75. The van der Waals surface area contributed by atoms with Crippen molar-refractivity contribution in [3.05, 3.63) is 17.8 Å². The smallest absolute Gasteiger partial charge is 0.254 e. The lowest BCUT2D eigenvalue weighted by Gasteiger charge is -2.07. The van der Waals surface area contributed by atoms with Gasteiger partial charge in [-0.25, -0.2) is 0 Å². The highest BCUT2D eigenvalue weighted by Gasteiger charge is 2.12. The van der Waals surface area contributed by atoms with Gasteiger partial charge in [0.25, 0.3) is 5.89 Å². The van der Waals surface area contributed by atoms with Gasteiger partial charge in [-0.3, -0.25) is 0 Å². The Hall–Kier alpha value is -0.520. The molecular formula is C8H12ClN3OS. The lowest BCUT2D eigenvalue weighted by atomic mass is 10.2. The van der Waals surface area contributed by atoms with Crippen molar-refractivity contribution in [2.75, 3.05) is 11.5 Å². The van der Waals surface area contributed by atoms with E-state index < -0.39 is 0 Å². The third-order valence-electron chi connectivity index (χ3n) is 1.84. The standard InChI is InChI=1S/C8H11N3OS.ClH/c9-4-7-10-8(12-11-7)6-2-1-3-13-5-6;/h2H,1,3-5,9H2;1H. The van der Waals surface area contributed by atoms with E-state index in [1.807, 2.05) is 11.8 Å². The number of rotatable bonds is 2. The summed E-state index contributed by atoms with van der Waals surface area (Å²) in [7, 11) is 0. The molecule has 14 heavy (non-hydrogen) atoms. The van der Waals surface area contributed by atoms with Crippen LogP contribution in [0.25, 0.3) is 5.57 Å². The molecule has 2 N–H and O–H groups in total. The van der Waals surface area contributed by atoms with Crippen LogP contribution in [0.2, 0.25) is 0 Å². The summed E-state index contributed by atoms with van der Waals surface area (Å²) < 4.78 is 5.07. The number of nitrogens with zero attached hydrogens (tertiary/aromatic N) is 2. The molecule has 1 aliphatic rings. The van der Waals surface area contributed by atoms with E-state index in [0.717, 1.165) is 17.7 Å². The van der Waals surface area contributed by atoms with E-state index in [2.05, 4.69) is 16.2 Å². The fourth-order valence-electron chi connectivity index (χ4n) is 1.17. The zero-order valence-electron chi connectivity index (χ0n) is 7.60. The Bertz CT molecular complexity index is 326. The molecule has 0 saturated heterocycles. The highest BCUT2D eigenvalue weighted by molar-refractivity contribution is 7.99. The first-order chi connectivity index (χ1) is 6.40. The highest BCUT2D eigenvalue weighted by atomic mass is 35.5. The maximum atomic E-state index is 5.38. The Kier molecular flexibility index (Phi) is 4.44. The van der Waals surface area contributed by atoms with E-state index in [9.17, 15) is 0 Å². The van der Waals surface area contributed by atoms with Crippen LogP contribution in [0.4, 0.5) is 0 Å². The van der Waals surface area contributed by atoms with Crippen molar-refractivity contribution in [3.63, 3.8) is 0 Å². The number of thioether (sulfide) groups is 1. The minimum Gasteiger partial charge on any atom is -0.334 e. The van der Waals surface area contributed by atoms with Crippen LogP contribution in [-0.2, 0) is 6.54 Å². The molecule has 2 rings (SSSR count). The van der Waals surface area contributed by atoms with Crippen LogP contribution in [-0.4, -0.2) is 21.6 Å². The highest BCUT2D eigenvalue weighted by Crippen LogP contribution is 2.23. The molecule has 0 bridgehead atoms. The Morgan fingerprint density at radius 2 is 2.43 bits per heavy atom. The second-order valence-corrected chi connectivity index (χ2v) is 3.90. The van der Waals surface area contributed by atoms with E-state index in [4.69, 9.17) is 10.3 Å².